The number of nitrogens with one attached hydrogen (secondary N) is 1. The molecule has 2 aromatic carbocycles. The Labute approximate surface area is 131 Å². The molecule has 0 aliphatic heterocycles. The van der Waals surface area contributed by atoms with E-state index in [1.165, 1.54) is 0 Å². The molecule has 0 fully saturated rings. The topological polar surface area (TPSA) is 47.6 Å². The van der Waals surface area contributed by atoms with Gasteiger partial charge in [-0.1, -0.05) is 36.4 Å². The Hall–Kier alpha value is -2.49. The summed E-state index contributed by atoms with van der Waals surface area (Å²) in [4.78, 5) is 11.9. The molecule has 0 spiro atoms. The van der Waals surface area contributed by atoms with Crippen molar-refractivity contribution < 1.29 is 14.3 Å². The minimum atomic E-state index is -0.154. The summed E-state index contributed by atoms with van der Waals surface area (Å²) in [5.74, 6) is 1.20. The third kappa shape index (κ3) is 4.81. The standard InChI is InChI=1S/C18H21NO3/c1-3-21-16-10-7-11-17(12-16)22-13-18(20)19-14(2)15-8-5-4-6-9-15/h4-12,14H,3,13H2,1-2H3,(H,19,20). The zero-order valence-corrected chi connectivity index (χ0v) is 12.9. The van der Waals surface area contributed by atoms with Gasteiger partial charge < -0.3 is 14.8 Å². The SMILES string of the molecule is CCOc1cccc(OCC(=O)NC(C)c2ccccc2)c1. The molecular formula is C18H21NO3. The molecule has 0 radical (unpaired) electrons. The lowest BCUT2D eigenvalue weighted by Crippen LogP contribution is -2.31. The summed E-state index contributed by atoms with van der Waals surface area (Å²) in [6.07, 6.45) is 0. The average Bonchev–Trinajstić information content (AvgIpc) is 2.54. The van der Waals surface area contributed by atoms with Crippen molar-refractivity contribution in [1.29, 1.82) is 0 Å². The van der Waals surface area contributed by atoms with Crippen molar-refractivity contribution in [3.05, 3.63) is 60.2 Å². The van der Waals surface area contributed by atoms with Crippen molar-refractivity contribution in [2.45, 2.75) is 19.9 Å². The normalized spacial score (nSPS) is 11.5. The number of amides is 1. The Morgan fingerprint density at radius 1 is 1.05 bits per heavy atom. The van der Waals surface area contributed by atoms with Crippen LogP contribution in [0.1, 0.15) is 25.5 Å². The van der Waals surface area contributed by atoms with Crippen LogP contribution >= 0.6 is 0 Å². The van der Waals surface area contributed by atoms with Crippen LogP contribution in [0, 0.1) is 0 Å². The van der Waals surface area contributed by atoms with Gasteiger partial charge in [-0.15, -0.1) is 0 Å². The van der Waals surface area contributed by atoms with Crippen LogP contribution < -0.4 is 14.8 Å². The van der Waals surface area contributed by atoms with E-state index < -0.39 is 0 Å². The molecule has 0 aliphatic carbocycles. The van der Waals surface area contributed by atoms with Gasteiger partial charge in [0.2, 0.25) is 0 Å². The zero-order chi connectivity index (χ0) is 15.8. The summed E-state index contributed by atoms with van der Waals surface area (Å²) in [7, 11) is 0. The van der Waals surface area contributed by atoms with E-state index in [0.717, 1.165) is 11.3 Å². The van der Waals surface area contributed by atoms with Crippen LogP contribution in [-0.2, 0) is 4.79 Å². The molecular weight excluding hydrogens is 278 g/mol. The molecule has 4 nitrogen and oxygen atoms in total. The van der Waals surface area contributed by atoms with Gasteiger partial charge in [0.15, 0.2) is 6.61 Å². The maximum Gasteiger partial charge on any atom is 0.258 e. The van der Waals surface area contributed by atoms with Gasteiger partial charge in [-0.25, -0.2) is 0 Å². The van der Waals surface area contributed by atoms with Crippen molar-refractivity contribution >= 4 is 5.91 Å². The second-order valence-electron chi connectivity index (χ2n) is 4.90. The van der Waals surface area contributed by atoms with Crippen LogP contribution in [0.3, 0.4) is 0 Å². The number of rotatable bonds is 7. The van der Waals surface area contributed by atoms with E-state index in [-0.39, 0.29) is 18.6 Å². The molecule has 0 heterocycles. The molecule has 0 aromatic heterocycles. The van der Waals surface area contributed by atoms with E-state index in [4.69, 9.17) is 9.47 Å². The van der Waals surface area contributed by atoms with E-state index in [1.54, 1.807) is 12.1 Å². The first-order valence-corrected chi connectivity index (χ1v) is 7.39. The molecule has 116 valence electrons. The number of ether oxygens (including phenoxy) is 2. The summed E-state index contributed by atoms with van der Waals surface area (Å²) < 4.78 is 10.9. The highest BCUT2D eigenvalue weighted by atomic mass is 16.5. The van der Waals surface area contributed by atoms with Crippen LogP contribution in [0.4, 0.5) is 0 Å². The van der Waals surface area contributed by atoms with Gasteiger partial charge in [0.1, 0.15) is 11.5 Å². The van der Waals surface area contributed by atoms with E-state index in [1.807, 2.05) is 56.3 Å². The third-order valence-corrected chi connectivity index (χ3v) is 3.16. The van der Waals surface area contributed by atoms with E-state index >= 15 is 0 Å². The number of hydrogen-bond donors (Lipinski definition) is 1. The van der Waals surface area contributed by atoms with Crippen LogP contribution in [0.2, 0.25) is 0 Å². The lowest BCUT2D eigenvalue weighted by Gasteiger charge is -2.15. The van der Waals surface area contributed by atoms with E-state index in [9.17, 15) is 4.79 Å². The predicted octanol–water partition coefficient (Wildman–Crippen LogP) is 3.34. The van der Waals surface area contributed by atoms with Crippen molar-refractivity contribution in [2.75, 3.05) is 13.2 Å². The first-order chi connectivity index (χ1) is 10.7. The first-order valence-electron chi connectivity index (χ1n) is 7.39. The first kappa shape index (κ1) is 15.9. The molecule has 0 saturated carbocycles. The van der Waals surface area contributed by atoms with Gasteiger partial charge in [-0.3, -0.25) is 4.79 Å². The van der Waals surface area contributed by atoms with Crippen molar-refractivity contribution in [3.63, 3.8) is 0 Å². The molecule has 4 heteroatoms. The van der Waals surface area contributed by atoms with Gasteiger partial charge in [0, 0.05) is 6.07 Å². The lowest BCUT2D eigenvalue weighted by atomic mass is 10.1. The minimum Gasteiger partial charge on any atom is -0.494 e. The Kier molecular flexibility index (Phi) is 5.83. The highest BCUT2D eigenvalue weighted by Crippen LogP contribution is 2.19. The molecule has 0 saturated heterocycles. The van der Waals surface area contributed by atoms with E-state index in [2.05, 4.69) is 5.32 Å². The van der Waals surface area contributed by atoms with Gasteiger partial charge >= 0.3 is 0 Å². The molecule has 2 rings (SSSR count). The summed E-state index contributed by atoms with van der Waals surface area (Å²) >= 11 is 0. The van der Waals surface area contributed by atoms with Crippen LogP contribution in [0.15, 0.2) is 54.6 Å². The summed E-state index contributed by atoms with van der Waals surface area (Å²) in [5, 5.41) is 2.91. The van der Waals surface area contributed by atoms with Crippen molar-refractivity contribution in [1.82, 2.24) is 5.32 Å². The van der Waals surface area contributed by atoms with Gasteiger partial charge in [-0.05, 0) is 31.5 Å². The number of hydrogen-bond acceptors (Lipinski definition) is 3. The second-order valence-corrected chi connectivity index (χ2v) is 4.90. The largest absolute Gasteiger partial charge is 0.494 e. The highest BCUT2D eigenvalue weighted by Gasteiger charge is 2.09. The zero-order valence-electron chi connectivity index (χ0n) is 12.9. The fourth-order valence-corrected chi connectivity index (χ4v) is 2.08. The highest BCUT2D eigenvalue weighted by molar-refractivity contribution is 5.78. The number of benzene rings is 2. The molecule has 1 atom stereocenters. The molecule has 1 N–H and O–H groups in total. The van der Waals surface area contributed by atoms with Crippen LogP contribution in [-0.4, -0.2) is 19.1 Å². The Balaban J connectivity index is 1.84. The molecule has 0 aliphatic rings. The fraction of sp³-hybridized carbons (Fsp3) is 0.278. The quantitative estimate of drug-likeness (QED) is 0.853. The average molecular weight is 299 g/mol. The Morgan fingerprint density at radius 2 is 1.73 bits per heavy atom. The smallest absolute Gasteiger partial charge is 0.258 e. The second kappa shape index (κ2) is 8.08. The molecule has 2 aromatic rings. The summed E-state index contributed by atoms with van der Waals surface area (Å²) in [5.41, 5.74) is 1.06. The molecule has 0 bridgehead atoms. The minimum absolute atomic E-state index is 0.0211. The van der Waals surface area contributed by atoms with Crippen LogP contribution in [0.25, 0.3) is 0 Å². The lowest BCUT2D eigenvalue weighted by molar-refractivity contribution is -0.123. The molecule has 1 amide bonds. The molecule has 22 heavy (non-hydrogen) atoms. The molecule has 1 unspecified atom stereocenters. The number of carbonyl (C=O) groups excluding carboxylic acids is 1. The van der Waals surface area contributed by atoms with Gasteiger partial charge in [-0.2, -0.15) is 0 Å². The Bertz CT molecular complexity index is 598. The third-order valence-electron chi connectivity index (χ3n) is 3.16. The van der Waals surface area contributed by atoms with Gasteiger partial charge in [0.25, 0.3) is 5.91 Å². The predicted molar refractivity (Wildman–Crippen MR) is 86.1 cm³/mol. The fourth-order valence-electron chi connectivity index (χ4n) is 2.08. The Morgan fingerprint density at radius 3 is 2.41 bits per heavy atom. The van der Waals surface area contributed by atoms with Crippen molar-refractivity contribution in [2.24, 2.45) is 0 Å². The van der Waals surface area contributed by atoms with Gasteiger partial charge in [0.05, 0.1) is 12.6 Å². The van der Waals surface area contributed by atoms with Crippen LogP contribution in [0.5, 0.6) is 11.5 Å². The number of carbonyl (C=O) groups is 1. The maximum absolute atomic E-state index is 11.9. The monoisotopic (exact) mass is 299 g/mol. The van der Waals surface area contributed by atoms with E-state index in [0.29, 0.717) is 12.4 Å². The van der Waals surface area contributed by atoms with Crippen molar-refractivity contribution in [3.8, 4) is 11.5 Å². The maximum atomic E-state index is 11.9. The summed E-state index contributed by atoms with van der Waals surface area (Å²) in [6.45, 7) is 4.44. The summed E-state index contributed by atoms with van der Waals surface area (Å²) in [6, 6.07) is 17.0.